The summed E-state index contributed by atoms with van der Waals surface area (Å²) in [6, 6.07) is 5.18. The number of pyridine rings is 1. The molecule has 0 bridgehead atoms. The number of nitrogens with zero attached hydrogens (tertiary/aromatic N) is 2. The van der Waals surface area contributed by atoms with E-state index in [1.165, 1.54) is 21.4 Å². The molecule has 10 heteroatoms. The van der Waals surface area contributed by atoms with Crippen LogP contribution in [0.15, 0.2) is 36.7 Å². The van der Waals surface area contributed by atoms with Crippen LogP contribution in [0.2, 0.25) is 0 Å². The van der Waals surface area contributed by atoms with Gasteiger partial charge in [-0.2, -0.15) is 13.2 Å². The molecule has 0 aliphatic heterocycles. The molecule has 0 atom stereocenters. The number of rotatable bonds is 3. The Labute approximate surface area is 213 Å². The Morgan fingerprint density at radius 3 is 1.76 bits per heavy atom. The molecule has 0 saturated heterocycles. The van der Waals surface area contributed by atoms with Crippen molar-refractivity contribution < 1.29 is 31.9 Å². The summed E-state index contributed by atoms with van der Waals surface area (Å²) >= 11 is 0. The van der Waals surface area contributed by atoms with Crippen molar-refractivity contribution in [3.8, 4) is 5.75 Å². The molecule has 3 aromatic rings. The second kappa shape index (κ2) is 9.95. The molecular weight excluding hydrogens is 493 g/mol. The molecule has 0 radical (unpaired) electrons. The van der Waals surface area contributed by atoms with Crippen molar-refractivity contribution in [1.29, 1.82) is 5.41 Å². The summed E-state index contributed by atoms with van der Waals surface area (Å²) in [7, 11) is 0. The third-order valence-electron chi connectivity index (χ3n) is 5.46. The lowest BCUT2D eigenvalue weighted by Crippen LogP contribution is -2.25. The molecule has 3 rings (SSSR count). The van der Waals surface area contributed by atoms with Gasteiger partial charge in [-0.1, -0.05) is 41.5 Å². The number of aromatic hydroxyl groups is 1. The largest absolute Gasteiger partial charge is 0.507 e. The Balaban J connectivity index is 0.000000877. The molecule has 37 heavy (non-hydrogen) atoms. The average molecular weight is 528 g/mol. The number of hydrogen-bond acceptors (Lipinski definition) is 3. The minimum Gasteiger partial charge on any atom is -0.507 e. The number of carbonyl (C=O) groups excluding carboxylic acids is 1. The highest BCUT2D eigenvalue weighted by atomic mass is 19.4. The summed E-state index contributed by atoms with van der Waals surface area (Å²) in [6.07, 6.45) is -1.95. The van der Waals surface area contributed by atoms with E-state index < -0.39 is 28.5 Å². The lowest BCUT2D eigenvalue weighted by atomic mass is 9.78. The van der Waals surface area contributed by atoms with Crippen molar-refractivity contribution in [3.63, 3.8) is 0 Å². The summed E-state index contributed by atoms with van der Waals surface area (Å²) < 4.78 is 63.7. The first-order valence-corrected chi connectivity index (χ1v) is 11.6. The van der Waals surface area contributed by atoms with Crippen molar-refractivity contribution >= 4 is 11.3 Å². The van der Waals surface area contributed by atoms with Gasteiger partial charge in [0.25, 0.3) is 0 Å². The van der Waals surface area contributed by atoms with Crippen LogP contribution in [0.5, 0.6) is 5.75 Å². The van der Waals surface area contributed by atoms with Crippen LogP contribution in [-0.4, -0.2) is 25.8 Å². The van der Waals surface area contributed by atoms with Crippen LogP contribution in [-0.2, 0) is 23.6 Å². The van der Waals surface area contributed by atoms with Gasteiger partial charge in [0.05, 0.1) is 17.6 Å². The number of phenolic OH excluding ortho intramolecular Hbond substituents is 1. The summed E-state index contributed by atoms with van der Waals surface area (Å²) in [5, 5.41) is 19.1. The first-order chi connectivity index (χ1) is 16.5. The number of imidazole rings is 1. The smallest absolute Gasteiger partial charge is 0.416 e. The number of alkyl halides is 5. The van der Waals surface area contributed by atoms with Gasteiger partial charge in [-0.15, -0.1) is 0 Å². The monoisotopic (exact) mass is 527 g/mol. The lowest BCUT2D eigenvalue weighted by molar-refractivity contribution is -0.137. The molecule has 204 valence electrons. The normalized spacial score (nSPS) is 12.9. The fourth-order valence-electron chi connectivity index (χ4n) is 3.65. The zero-order chi connectivity index (χ0) is 28.7. The Morgan fingerprint density at radius 2 is 1.35 bits per heavy atom. The maximum atomic E-state index is 13.2. The number of aromatic nitrogens is 2. The van der Waals surface area contributed by atoms with E-state index in [9.17, 15) is 31.9 Å². The van der Waals surface area contributed by atoms with Crippen molar-refractivity contribution in [2.75, 3.05) is 0 Å². The molecule has 0 spiro atoms. The molecule has 0 aliphatic carbocycles. The number of phenols is 1. The van der Waals surface area contributed by atoms with Crippen molar-refractivity contribution in [3.05, 3.63) is 64.5 Å². The van der Waals surface area contributed by atoms with Gasteiger partial charge in [-0.3, -0.25) is 14.6 Å². The Bertz CT molecular complexity index is 1310. The molecule has 2 aromatic heterocycles. The van der Waals surface area contributed by atoms with Crippen LogP contribution < -0.4 is 5.62 Å². The molecule has 2 heterocycles. The first kappa shape index (κ1) is 30.1. The molecule has 1 aromatic carbocycles. The number of fused-ring (bicyclic) bond motifs is 1. The van der Waals surface area contributed by atoms with E-state index in [2.05, 4.69) is 0 Å². The predicted octanol–water partition coefficient (Wildman–Crippen LogP) is 7.08. The number of nitrogens with one attached hydrogen (secondary N) is 1. The minimum absolute atomic E-state index is 0.104. The van der Waals surface area contributed by atoms with E-state index in [4.69, 9.17) is 5.41 Å². The number of Topliss-reactive ketones (excluding diaryl/α,β-unsaturated/α-hetero) is 1. The fraction of sp³-hybridized carbons (Fsp3) is 0.481. The van der Waals surface area contributed by atoms with Gasteiger partial charge < -0.3 is 9.67 Å². The van der Waals surface area contributed by atoms with Gasteiger partial charge in [0.2, 0.25) is 11.5 Å². The van der Waals surface area contributed by atoms with Crippen LogP contribution in [0, 0.1) is 5.41 Å². The lowest BCUT2D eigenvalue weighted by Gasteiger charge is -2.28. The van der Waals surface area contributed by atoms with E-state index in [0.717, 1.165) is 26.0 Å². The Hall–Kier alpha value is -3.17. The summed E-state index contributed by atoms with van der Waals surface area (Å²) in [6.45, 7) is 13.2. The zero-order valence-electron chi connectivity index (χ0n) is 22.3. The number of hydrogen-bond donors (Lipinski definition) is 2. The third-order valence-corrected chi connectivity index (χ3v) is 5.46. The van der Waals surface area contributed by atoms with E-state index in [0.29, 0.717) is 16.7 Å². The highest BCUT2D eigenvalue weighted by Gasteiger charge is 2.31. The van der Waals surface area contributed by atoms with Gasteiger partial charge >= 0.3 is 6.18 Å². The number of halogens is 5. The second-order valence-electron chi connectivity index (χ2n) is 11.5. The molecule has 2 N–H and O–H groups in total. The molecule has 0 saturated carbocycles. The van der Waals surface area contributed by atoms with Gasteiger partial charge in [-0.05, 0) is 48.9 Å². The Morgan fingerprint density at radius 1 is 0.892 bits per heavy atom. The standard InChI is InChI=1S/C24H28F3N3O2.C3H6F2/c1-22(2,3)17-9-14(10-18(20(17)32)23(4,5)6)19(31)13-29-12-16-11-15(24(25,26)27)7-8-30(16)21(29)28;1-3(2,4)5/h7-12,28,32H,13H2,1-6H3;1-2H3. The Kier molecular flexibility index (Phi) is 8.08. The highest BCUT2D eigenvalue weighted by Crippen LogP contribution is 2.40. The first-order valence-electron chi connectivity index (χ1n) is 11.6. The van der Waals surface area contributed by atoms with Crippen LogP contribution in [0.25, 0.3) is 5.52 Å². The van der Waals surface area contributed by atoms with Crippen LogP contribution in [0.1, 0.15) is 82.4 Å². The summed E-state index contributed by atoms with van der Waals surface area (Å²) in [5.74, 6) is -2.64. The van der Waals surface area contributed by atoms with Crippen LogP contribution in [0.3, 0.4) is 0 Å². The van der Waals surface area contributed by atoms with Crippen LogP contribution >= 0.6 is 0 Å². The van der Waals surface area contributed by atoms with E-state index in [1.807, 2.05) is 41.5 Å². The third kappa shape index (κ3) is 7.66. The number of carbonyl (C=O) groups is 1. The van der Waals surface area contributed by atoms with Crippen molar-refractivity contribution in [2.45, 2.75) is 84.9 Å². The summed E-state index contributed by atoms with van der Waals surface area (Å²) in [5.41, 5.74) is 0.101. The molecule has 0 amide bonds. The number of benzene rings is 1. The molecule has 0 fully saturated rings. The average Bonchev–Trinajstić information content (AvgIpc) is 2.99. The molecule has 0 aliphatic rings. The molecule has 5 nitrogen and oxygen atoms in total. The van der Waals surface area contributed by atoms with Crippen LogP contribution in [0.4, 0.5) is 22.0 Å². The fourth-order valence-corrected chi connectivity index (χ4v) is 3.65. The molecule has 0 unspecified atom stereocenters. The summed E-state index contributed by atoms with van der Waals surface area (Å²) in [4.78, 5) is 13.2. The minimum atomic E-state index is -4.49. The quantitative estimate of drug-likeness (QED) is 0.282. The van der Waals surface area contributed by atoms with Crippen molar-refractivity contribution in [2.24, 2.45) is 0 Å². The van der Waals surface area contributed by atoms with Gasteiger partial charge in [0.15, 0.2) is 5.78 Å². The van der Waals surface area contributed by atoms with E-state index in [-0.39, 0.29) is 29.2 Å². The maximum Gasteiger partial charge on any atom is 0.416 e. The highest BCUT2D eigenvalue weighted by molar-refractivity contribution is 5.96. The van der Waals surface area contributed by atoms with Gasteiger partial charge in [-0.25, -0.2) is 8.78 Å². The second-order valence-corrected chi connectivity index (χ2v) is 11.5. The van der Waals surface area contributed by atoms with Gasteiger partial charge in [0, 0.05) is 29.1 Å². The van der Waals surface area contributed by atoms with E-state index in [1.54, 1.807) is 12.1 Å². The maximum absolute atomic E-state index is 13.2. The molecular formula is C27H34F5N3O2. The SMILES string of the molecule is CC(C)(C)c1cc(C(=O)Cn2cc3cc(C(F)(F)F)ccn3c2=N)cc(C(C)(C)C)c1O.CC(C)(F)F. The van der Waals surface area contributed by atoms with Crippen molar-refractivity contribution in [1.82, 2.24) is 8.97 Å². The van der Waals surface area contributed by atoms with E-state index >= 15 is 0 Å². The zero-order valence-corrected chi connectivity index (χ0v) is 22.3. The predicted molar refractivity (Wildman–Crippen MR) is 132 cm³/mol. The number of ketones is 1. The topological polar surface area (TPSA) is 70.5 Å². The van der Waals surface area contributed by atoms with Gasteiger partial charge in [0.1, 0.15) is 5.75 Å².